The van der Waals surface area contributed by atoms with Crippen LogP contribution in [0.5, 0.6) is 0 Å². The number of carbonyl (C=O) groups is 1. The molecule has 0 unspecified atom stereocenters. The molecule has 1 aromatic carbocycles. The number of amides is 1. The maximum atomic E-state index is 12.5. The van der Waals surface area contributed by atoms with Crippen molar-refractivity contribution in [2.45, 2.75) is 31.4 Å². The third-order valence-electron chi connectivity index (χ3n) is 4.94. The van der Waals surface area contributed by atoms with Gasteiger partial charge in [-0.15, -0.1) is 17.8 Å². The monoisotopic (exact) mass is 383 g/mol. The maximum absolute atomic E-state index is 12.5. The topological polar surface area (TPSA) is 56.7 Å². The van der Waals surface area contributed by atoms with Gasteiger partial charge in [-0.25, -0.2) is 4.98 Å². The molecule has 1 amide bonds. The van der Waals surface area contributed by atoms with E-state index in [0.29, 0.717) is 51.1 Å². The number of aromatic nitrogens is 1. The molecule has 1 N–H and O–H groups in total. The normalized spacial score (nSPS) is 16.3. The predicted molar refractivity (Wildman–Crippen MR) is 107 cm³/mol. The van der Waals surface area contributed by atoms with Crippen molar-refractivity contribution in [2.24, 2.45) is 0 Å². The van der Waals surface area contributed by atoms with E-state index in [4.69, 9.17) is 6.42 Å². The fourth-order valence-corrected chi connectivity index (χ4v) is 4.27. The van der Waals surface area contributed by atoms with Crippen molar-refractivity contribution in [3.63, 3.8) is 0 Å². The van der Waals surface area contributed by atoms with Crippen LogP contribution in [0.1, 0.15) is 29.1 Å². The van der Waals surface area contributed by atoms with E-state index in [0.717, 1.165) is 10.6 Å². The van der Waals surface area contributed by atoms with Crippen LogP contribution in [-0.4, -0.2) is 52.5 Å². The number of piperidine rings is 1. The van der Waals surface area contributed by atoms with Crippen LogP contribution in [0.3, 0.4) is 0 Å². The fraction of sp³-hybridized carbons (Fsp3) is 0.429. The smallest absolute Gasteiger partial charge is 0.226 e. The Morgan fingerprint density at radius 2 is 2.07 bits per heavy atom. The standard InChI is InChI=1S/C21H25N3O2S/c1-3-11-23(2)15-19-22-18(16-27-19)21(26)9-12-24(13-10-21)20(25)14-17-7-5-4-6-8-17/h1,4-8,16,26H,9-15H2,2H3. The number of carbonyl (C=O) groups excluding carboxylic acids is 1. The highest BCUT2D eigenvalue weighted by Gasteiger charge is 2.37. The Labute approximate surface area is 164 Å². The van der Waals surface area contributed by atoms with Gasteiger partial charge in [0.25, 0.3) is 0 Å². The molecular formula is C21H25N3O2S. The summed E-state index contributed by atoms with van der Waals surface area (Å²) in [5, 5.41) is 13.9. The first-order chi connectivity index (χ1) is 13.0. The number of rotatable bonds is 6. The molecule has 27 heavy (non-hydrogen) atoms. The molecule has 1 fully saturated rings. The zero-order valence-electron chi connectivity index (χ0n) is 15.6. The Bertz CT molecular complexity index is 804. The molecule has 0 spiro atoms. The number of likely N-dealkylation sites (tertiary alicyclic amines) is 1. The van der Waals surface area contributed by atoms with Gasteiger partial charge in [0.1, 0.15) is 10.6 Å². The van der Waals surface area contributed by atoms with Crippen LogP contribution in [0.4, 0.5) is 0 Å². The molecule has 0 bridgehead atoms. The molecule has 6 heteroatoms. The van der Waals surface area contributed by atoms with Gasteiger partial charge in [-0.2, -0.15) is 0 Å². The molecule has 1 saturated heterocycles. The first-order valence-corrected chi connectivity index (χ1v) is 9.99. The summed E-state index contributed by atoms with van der Waals surface area (Å²) >= 11 is 1.54. The van der Waals surface area contributed by atoms with Gasteiger partial charge < -0.3 is 10.0 Å². The van der Waals surface area contributed by atoms with Crippen LogP contribution in [0.2, 0.25) is 0 Å². The fourth-order valence-electron chi connectivity index (χ4n) is 3.30. The number of hydrogen-bond acceptors (Lipinski definition) is 5. The lowest BCUT2D eigenvalue weighted by molar-refractivity contribution is -0.135. The van der Waals surface area contributed by atoms with Crippen LogP contribution in [0.15, 0.2) is 35.7 Å². The minimum absolute atomic E-state index is 0.109. The van der Waals surface area contributed by atoms with Gasteiger partial charge in [-0.1, -0.05) is 36.3 Å². The first-order valence-electron chi connectivity index (χ1n) is 9.11. The number of thiazole rings is 1. The second kappa shape index (κ2) is 8.66. The molecular weight excluding hydrogens is 358 g/mol. The highest BCUT2D eigenvalue weighted by molar-refractivity contribution is 7.09. The van der Waals surface area contributed by atoms with Crippen LogP contribution in [-0.2, 0) is 23.4 Å². The molecule has 3 rings (SSSR count). The zero-order valence-corrected chi connectivity index (χ0v) is 16.4. The van der Waals surface area contributed by atoms with Gasteiger partial charge in [0.15, 0.2) is 0 Å². The lowest BCUT2D eigenvalue weighted by Crippen LogP contribution is -2.45. The van der Waals surface area contributed by atoms with Crippen LogP contribution >= 0.6 is 11.3 Å². The van der Waals surface area contributed by atoms with Gasteiger partial charge in [-0.05, 0) is 25.5 Å². The molecule has 142 valence electrons. The number of hydrogen-bond donors (Lipinski definition) is 1. The van der Waals surface area contributed by atoms with E-state index in [9.17, 15) is 9.90 Å². The highest BCUT2D eigenvalue weighted by Crippen LogP contribution is 2.33. The molecule has 1 aliphatic heterocycles. The van der Waals surface area contributed by atoms with E-state index in [1.165, 1.54) is 0 Å². The van der Waals surface area contributed by atoms with Crippen molar-refractivity contribution >= 4 is 17.2 Å². The molecule has 0 radical (unpaired) electrons. The van der Waals surface area contributed by atoms with Crippen molar-refractivity contribution in [2.75, 3.05) is 26.7 Å². The van der Waals surface area contributed by atoms with Crippen LogP contribution in [0.25, 0.3) is 0 Å². The van der Waals surface area contributed by atoms with Crippen LogP contribution < -0.4 is 0 Å². The Morgan fingerprint density at radius 1 is 1.37 bits per heavy atom. The van der Waals surface area contributed by atoms with E-state index in [1.807, 2.05) is 52.6 Å². The molecule has 0 saturated carbocycles. The average molecular weight is 384 g/mol. The van der Waals surface area contributed by atoms with E-state index >= 15 is 0 Å². The quantitative estimate of drug-likeness (QED) is 0.778. The first kappa shape index (κ1) is 19.6. The molecule has 1 aromatic heterocycles. The summed E-state index contributed by atoms with van der Waals surface area (Å²) in [5.74, 6) is 2.72. The van der Waals surface area contributed by atoms with Crippen molar-refractivity contribution in [1.29, 1.82) is 0 Å². The summed E-state index contributed by atoms with van der Waals surface area (Å²) in [7, 11) is 1.95. The Kier molecular flexibility index (Phi) is 6.27. The van der Waals surface area contributed by atoms with Gasteiger partial charge in [0.2, 0.25) is 5.91 Å². The number of aliphatic hydroxyl groups is 1. The van der Waals surface area contributed by atoms with E-state index in [2.05, 4.69) is 10.9 Å². The van der Waals surface area contributed by atoms with Crippen molar-refractivity contribution in [1.82, 2.24) is 14.8 Å². The lowest BCUT2D eigenvalue weighted by atomic mass is 9.88. The minimum atomic E-state index is -0.955. The summed E-state index contributed by atoms with van der Waals surface area (Å²) in [6.07, 6.45) is 6.76. The summed E-state index contributed by atoms with van der Waals surface area (Å²) < 4.78 is 0. The van der Waals surface area contributed by atoms with E-state index < -0.39 is 5.60 Å². The molecule has 5 nitrogen and oxygen atoms in total. The second-order valence-electron chi connectivity index (χ2n) is 7.08. The Morgan fingerprint density at radius 3 is 2.74 bits per heavy atom. The number of benzene rings is 1. The third kappa shape index (κ3) is 4.95. The summed E-state index contributed by atoms with van der Waals surface area (Å²) in [6.45, 7) is 2.34. The largest absolute Gasteiger partial charge is 0.383 e. The Balaban J connectivity index is 1.57. The molecule has 0 atom stereocenters. The van der Waals surface area contributed by atoms with E-state index in [-0.39, 0.29) is 5.91 Å². The van der Waals surface area contributed by atoms with Gasteiger partial charge in [0.05, 0.1) is 25.2 Å². The number of terminal acetylenes is 1. The summed E-state index contributed by atoms with van der Waals surface area (Å²) in [4.78, 5) is 21.0. The second-order valence-corrected chi connectivity index (χ2v) is 8.02. The Hall–Kier alpha value is -2.20. The van der Waals surface area contributed by atoms with Crippen molar-refractivity contribution < 1.29 is 9.90 Å². The third-order valence-corrected chi connectivity index (χ3v) is 5.77. The summed E-state index contributed by atoms with van der Waals surface area (Å²) in [5.41, 5.74) is 0.776. The van der Waals surface area contributed by atoms with Gasteiger partial charge >= 0.3 is 0 Å². The minimum Gasteiger partial charge on any atom is -0.383 e. The molecule has 0 aliphatic carbocycles. The van der Waals surface area contributed by atoms with E-state index in [1.54, 1.807) is 11.3 Å². The molecule has 2 heterocycles. The molecule has 1 aliphatic rings. The lowest BCUT2D eigenvalue weighted by Gasteiger charge is -2.37. The van der Waals surface area contributed by atoms with Gasteiger partial charge in [0, 0.05) is 18.5 Å². The SMILES string of the molecule is C#CCN(C)Cc1nc(C2(O)CCN(C(=O)Cc3ccccc3)CC2)cs1. The average Bonchev–Trinajstić information content (AvgIpc) is 3.12. The highest BCUT2D eigenvalue weighted by atomic mass is 32.1. The number of nitrogens with zero attached hydrogens (tertiary/aromatic N) is 3. The maximum Gasteiger partial charge on any atom is 0.226 e. The molecule has 2 aromatic rings. The van der Waals surface area contributed by atoms with Crippen LogP contribution in [0, 0.1) is 12.3 Å². The van der Waals surface area contributed by atoms with Crippen molar-refractivity contribution in [3.05, 3.63) is 52.0 Å². The predicted octanol–water partition coefficient (Wildman–Crippen LogP) is 2.26. The zero-order chi connectivity index (χ0) is 19.3. The summed E-state index contributed by atoms with van der Waals surface area (Å²) in [6, 6.07) is 9.76. The van der Waals surface area contributed by atoms with Gasteiger partial charge in [-0.3, -0.25) is 9.69 Å². The van der Waals surface area contributed by atoms with Crippen molar-refractivity contribution in [3.8, 4) is 12.3 Å².